The zero-order valence-corrected chi connectivity index (χ0v) is 16.1. The van der Waals surface area contributed by atoms with Gasteiger partial charge in [-0.05, 0) is 49.9 Å². The van der Waals surface area contributed by atoms with Crippen LogP contribution in [0.3, 0.4) is 0 Å². The molecule has 8 heteroatoms. The number of halogens is 4. The molecule has 1 aliphatic heterocycles. The monoisotopic (exact) mass is 394 g/mol. The van der Waals surface area contributed by atoms with Crippen molar-refractivity contribution in [3.05, 3.63) is 28.8 Å². The van der Waals surface area contributed by atoms with Crippen molar-refractivity contribution in [1.82, 2.24) is 10.2 Å². The number of amides is 1. The fraction of sp³-hybridized carbons (Fsp3) is 0.611. The second kappa shape index (κ2) is 9.46. The van der Waals surface area contributed by atoms with Crippen molar-refractivity contribution < 1.29 is 22.7 Å². The topological polar surface area (TPSA) is 41.6 Å². The molecule has 1 saturated heterocycles. The van der Waals surface area contributed by atoms with Crippen LogP contribution in [-0.4, -0.2) is 43.7 Å². The van der Waals surface area contributed by atoms with Crippen molar-refractivity contribution in [1.29, 1.82) is 0 Å². The van der Waals surface area contributed by atoms with Crippen molar-refractivity contribution in [3.63, 3.8) is 0 Å². The van der Waals surface area contributed by atoms with E-state index in [0.29, 0.717) is 24.2 Å². The molecule has 1 fully saturated rings. The lowest BCUT2D eigenvalue weighted by Crippen LogP contribution is -2.41. The van der Waals surface area contributed by atoms with E-state index in [9.17, 15) is 18.0 Å². The Hall–Kier alpha value is -1.47. The van der Waals surface area contributed by atoms with Gasteiger partial charge in [0.25, 0.3) is 0 Å². The standard InChI is InChI=1S/C18H25F3N2O2.ClH/c1-12-7-14(8-13(2)16(12)25-11-18(19,20)21)10-23(3)17(24)15-5-4-6-22-9-15;/h7-8,15,22H,4-6,9-11H2,1-3H3;1H. The largest absolute Gasteiger partial charge is 0.484 e. The molecule has 1 amide bonds. The molecule has 2 rings (SSSR count). The molecule has 148 valence electrons. The highest BCUT2D eigenvalue weighted by Crippen LogP contribution is 2.28. The molecule has 0 spiro atoms. The van der Waals surface area contributed by atoms with E-state index < -0.39 is 12.8 Å². The zero-order valence-electron chi connectivity index (χ0n) is 15.3. The van der Waals surface area contributed by atoms with Crippen LogP contribution in [0.4, 0.5) is 13.2 Å². The number of carbonyl (C=O) groups is 1. The van der Waals surface area contributed by atoms with Crippen LogP contribution in [0, 0.1) is 19.8 Å². The molecular formula is C18H26ClF3N2O2. The lowest BCUT2D eigenvalue weighted by Gasteiger charge is -2.27. The third-order valence-corrected chi connectivity index (χ3v) is 4.34. The Morgan fingerprint density at radius 1 is 1.31 bits per heavy atom. The Balaban J connectivity index is 0.00000338. The number of benzene rings is 1. The third kappa shape index (κ3) is 6.36. The van der Waals surface area contributed by atoms with E-state index in [1.807, 2.05) is 0 Å². The molecule has 4 nitrogen and oxygen atoms in total. The molecule has 1 atom stereocenters. The van der Waals surface area contributed by atoms with Crippen molar-refractivity contribution in [2.45, 2.75) is 39.4 Å². The fourth-order valence-corrected chi connectivity index (χ4v) is 3.24. The second-order valence-corrected chi connectivity index (χ2v) is 6.70. The number of hydrogen-bond acceptors (Lipinski definition) is 3. The first-order valence-electron chi connectivity index (χ1n) is 8.43. The van der Waals surface area contributed by atoms with Crippen LogP contribution in [0.1, 0.15) is 29.5 Å². The number of ether oxygens (including phenoxy) is 1. The fourth-order valence-electron chi connectivity index (χ4n) is 3.24. The summed E-state index contributed by atoms with van der Waals surface area (Å²) in [5.41, 5.74) is 2.16. The first-order valence-corrected chi connectivity index (χ1v) is 8.43. The van der Waals surface area contributed by atoms with Gasteiger partial charge in [0.1, 0.15) is 5.75 Å². The number of piperidine rings is 1. The van der Waals surface area contributed by atoms with Crippen LogP contribution in [-0.2, 0) is 11.3 Å². The molecule has 1 unspecified atom stereocenters. The van der Waals surface area contributed by atoms with E-state index in [2.05, 4.69) is 5.32 Å². The minimum atomic E-state index is -4.36. The number of alkyl halides is 3. The molecule has 0 radical (unpaired) electrons. The first kappa shape index (κ1) is 22.6. The second-order valence-electron chi connectivity index (χ2n) is 6.70. The predicted octanol–water partition coefficient (Wildman–Crippen LogP) is 3.62. The average molecular weight is 395 g/mol. The Morgan fingerprint density at radius 3 is 2.42 bits per heavy atom. The maximum atomic E-state index is 12.5. The molecule has 1 N–H and O–H groups in total. The molecule has 1 aromatic carbocycles. The summed E-state index contributed by atoms with van der Waals surface area (Å²) < 4.78 is 42.0. The summed E-state index contributed by atoms with van der Waals surface area (Å²) in [5.74, 6) is 0.349. The van der Waals surface area contributed by atoms with Crippen LogP contribution >= 0.6 is 12.4 Å². The predicted molar refractivity (Wildman–Crippen MR) is 96.8 cm³/mol. The van der Waals surface area contributed by atoms with Gasteiger partial charge in [-0.1, -0.05) is 12.1 Å². The van der Waals surface area contributed by atoms with Gasteiger partial charge in [0.2, 0.25) is 5.91 Å². The van der Waals surface area contributed by atoms with Gasteiger partial charge in [-0.25, -0.2) is 0 Å². The van der Waals surface area contributed by atoms with E-state index in [1.165, 1.54) is 0 Å². The van der Waals surface area contributed by atoms with Crippen molar-refractivity contribution in [2.75, 3.05) is 26.7 Å². The van der Waals surface area contributed by atoms with E-state index in [1.54, 1.807) is 37.9 Å². The minimum Gasteiger partial charge on any atom is -0.484 e. The molecule has 1 heterocycles. The van der Waals surface area contributed by atoms with E-state index in [0.717, 1.165) is 24.9 Å². The lowest BCUT2D eigenvalue weighted by atomic mass is 9.98. The van der Waals surface area contributed by atoms with Crippen LogP contribution in [0.25, 0.3) is 0 Å². The molecule has 0 aliphatic carbocycles. The van der Waals surface area contributed by atoms with Crippen molar-refractivity contribution >= 4 is 18.3 Å². The van der Waals surface area contributed by atoms with Gasteiger partial charge in [-0.3, -0.25) is 4.79 Å². The van der Waals surface area contributed by atoms with E-state index in [4.69, 9.17) is 4.74 Å². The summed E-state index contributed by atoms with van der Waals surface area (Å²) in [5, 5.41) is 3.23. The number of nitrogens with one attached hydrogen (secondary N) is 1. The smallest absolute Gasteiger partial charge is 0.422 e. The number of hydrogen-bond donors (Lipinski definition) is 1. The molecule has 0 bridgehead atoms. The summed E-state index contributed by atoms with van der Waals surface area (Å²) in [6, 6.07) is 3.56. The summed E-state index contributed by atoms with van der Waals surface area (Å²) in [7, 11) is 1.76. The van der Waals surface area contributed by atoms with Crippen molar-refractivity contribution in [3.8, 4) is 5.75 Å². The van der Waals surface area contributed by atoms with Gasteiger partial charge in [-0.2, -0.15) is 13.2 Å². The van der Waals surface area contributed by atoms with Gasteiger partial charge in [-0.15, -0.1) is 12.4 Å². The molecule has 1 aliphatic rings. The Labute approximate surface area is 158 Å². The van der Waals surface area contributed by atoms with E-state index >= 15 is 0 Å². The van der Waals surface area contributed by atoms with Crippen LogP contribution in [0.2, 0.25) is 0 Å². The first-order chi connectivity index (χ1) is 11.7. The molecular weight excluding hydrogens is 369 g/mol. The molecule has 1 aromatic rings. The molecule has 0 aromatic heterocycles. The van der Waals surface area contributed by atoms with Crippen LogP contribution < -0.4 is 10.1 Å². The zero-order chi connectivity index (χ0) is 18.6. The quantitative estimate of drug-likeness (QED) is 0.829. The van der Waals surface area contributed by atoms with Crippen molar-refractivity contribution in [2.24, 2.45) is 5.92 Å². The van der Waals surface area contributed by atoms with Gasteiger partial charge >= 0.3 is 6.18 Å². The van der Waals surface area contributed by atoms with Crippen LogP contribution in [0.15, 0.2) is 12.1 Å². The SMILES string of the molecule is Cc1cc(CN(C)C(=O)C2CCCNC2)cc(C)c1OCC(F)(F)F.Cl. The average Bonchev–Trinajstić information content (AvgIpc) is 2.53. The number of aryl methyl sites for hydroxylation is 2. The third-order valence-electron chi connectivity index (χ3n) is 4.34. The maximum Gasteiger partial charge on any atom is 0.422 e. The summed E-state index contributed by atoms with van der Waals surface area (Å²) >= 11 is 0. The Bertz CT molecular complexity index is 594. The molecule has 0 saturated carbocycles. The number of rotatable bonds is 5. The van der Waals surface area contributed by atoms with Crippen LogP contribution in [0.5, 0.6) is 5.75 Å². The Kier molecular flexibility index (Phi) is 8.21. The summed E-state index contributed by atoms with van der Waals surface area (Å²) in [6.45, 7) is 4.21. The van der Waals surface area contributed by atoms with Gasteiger partial charge < -0.3 is 15.0 Å². The molecule has 26 heavy (non-hydrogen) atoms. The summed E-state index contributed by atoms with van der Waals surface area (Å²) in [6.07, 6.45) is -2.48. The minimum absolute atomic E-state index is 0. The van der Waals surface area contributed by atoms with Gasteiger partial charge in [0.05, 0.1) is 5.92 Å². The van der Waals surface area contributed by atoms with E-state index in [-0.39, 0.29) is 30.0 Å². The van der Waals surface area contributed by atoms with Gasteiger partial charge in [0, 0.05) is 20.1 Å². The van der Waals surface area contributed by atoms with Gasteiger partial charge in [0.15, 0.2) is 6.61 Å². The highest BCUT2D eigenvalue weighted by atomic mass is 35.5. The number of carbonyl (C=O) groups excluding carboxylic acids is 1. The number of nitrogens with zero attached hydrogens (tertiary/aromatic N) is 1. The normalized spacial score (nSPS) is 17.4. The summed E-state index contributed by atoms with van der Waals surface area (Å²) in [4.78, 5) is 14.2. The lowest BCUT2D eigenvalue weighted by molar-refractivity contribution is -0.153. The highest BCUT2D eigenvalue weighted by Gasteiger charge is 2.29. The maximum absolute atomic E-state index is 12.5. The highest BCUT2D eigenvalue weighted by molar-refractivity contribution is 5.85. The Morgan fingerprint density at radius 2 is 1.92 bits per heavy atom.